The van der Waals surface area contributed by atoms with Crippen molar-refractivity contribution in [2.45, 2.75) is 36.7 Å². The molecule has 3 heterocycles. The van der Waals surface area contributed by atoms with Gasteiger partial charge in [-0.2, -0.15) is 10.4 Å². The third-order valence-electron chi connectivity index (χ3n) is 5.21. The number of rotatable bonds is 6. The molecule has 4 rings (SSSR count). The minimum Gasteiger partial charge on any atom is -0.368 e. The van der Waals surface area contributed by atoms with E-state index in [0.717, 1.165) is 28.6 Å². The fourth-order valence-corrected chi connectivity index (χ4v) is 4.77. The molecular weight excluding hydrogens is 410 g/mol. The summed E-state index contributed by atoms with van der Waals surface area (Å²) in [6, 6.07) is 11.4. The van der Waals surface area contributed by atoms with Crippen LogP contribution in [0.25, 0.3) is 4.85 Å². The lowest BCUT2D eigenvalue weighted by Crippen LogP contribution is -2.20. The number of carbonyl (C=O) groups excluding carboxylic acids is 1. The molecular formula is C22H19N7OS. The van der Waals surface area contributed by atoms with Crippen LogP contribution < -0.4 is 10.6 Å². The number of hydrogen-bond acceptors (Lipinski definition) is 6. The molecule has 31 heavy (non-hydrogen) atoms. The van der Waals surface area contributed by atoms with Crippen LogP contribution in [0.4, 0.5) is 11.5 Å². The highest BCUT2D eigenvalue weighted by atomic mass is 32.2. The quantitative estimate of drug-likeness (QED) is 0.457. The molecule has 8 nitrogen and oxygen atoms in total. The first kappa shape index (κ1) is 20.5. The van der Waals surface area contributed by atoms with Crippen LogP contribution in [0, 0.1) is 17.9 Å². The van der Waals surface area contributed by atoms with Crippen molar-refractivity contribution in [1.82, 2.24) is 15.2 Å². The standard InChI is InChI=1S/C22H19N7OS/c1-3-15-16(9-23)22(31-19(20(24)30)13-7-5-4-6-8-13)27-21(18(15)25-2)29-11-14-10-26-28-17(14)12-29/h4-8,10,19H,3,11-12H2,1H3,(H2,24,30)(H,26,28). The predicted molar refractivity (Wildman–Crippen MR) is 117 cm³/mol. The third kappa shape index (κ3) is 3.72. The Morgan fingerprint density at radius 3 is 2.81 bits per heavy atom. The number of nitriles is 1. The lowest BCUT2D eigenvalue weighted by molar-refractivity contribution is -0.117. The second-order valence-electron chi connectivity index (χ2n) is 7.06. The minimum atomic E-state index is -0.701. The van der Waals surface area contributed by atoms with Gasteiger partial charge in [0.15, 0.2) is 0 Å². The van der Waals surface area contributed by atoms with Crippen LogP contribution in [0.15, 0.2) is 41.6 Å². The van der Waals surface area contributed by atoms with Crippen LogP contribution in [0.1, 0.15) is 40.1 Å². The van der Waals surface area contributed by atoms with Gasteiger partial charge in [0.1, 0.15) is 22.2 Å². The van der Waals surface area contributed by atoms with Gasteiger partial charge in [-0.3, -0.25) is 9.89 Å². The molecule has 0 saturated heterocycles. The van der Waals surface area contributed by atoms with Crippen molar-refractivity contribution in [2.24, 2.45) is 5.73 Å². The second-order valence-corrected chi connectivity index (χ2v) is 8.15. The summed E-state index contributed by atoms with van der Waals surface area (Å²) in [4.78, 5) is 22.7. The smallest absolute Gasteiger partial charge is 0.235 e. The van der Waals surface area contributed by atoms with E-state index in [1.165, 1.54) is 0 Å². The first-order valence-corrected chi connectivity index (χ1v) is 10.6. The van der Waals surface area contributed by atoms with Gasteiger partial charge < -0.3 is 10.6 Å². The molecule has 154 valence electrons. The topological polar surface area (TPSA) is 116 Å². The Morgan fingerprint density at radius 1 is 1.42 bits per heavy atom. The fraction of sp³-hybridized carbons (Fsp3) is 0.227. The van der Waals surface area contributed by atoms with E-state index in [1.54, 1.807) is 6.20 Å². The molecule has 0 saturated carbocycles. The summed E-state index contributed by atoms with van der Waals surface area (Å²) < 4.78 is 0. The summed E-state index contributed by atoms with van der Waals surface area (Å²) in [5.74, 6) is -0.00722. The largest absolute Gasteiger partial charge is 0.368 e. The van der Waals surface area contributed by atoms with Gasteiger partial charge in [0.2, 0.25) is 11.6 Å². The highest BCUT2D eigenvalue weighted by molar-refractivity contribution is 8.00. The minimum absolute atomic E-state index is 0.323. The fourth-order valence-electron chi connectivity index (χ4n) is 3.71. The number of carbonyl (C=O) groups is 1. The number of nitrogens with one attached hydrogen (secondary N) is 1. The Hall–Kier alpha value is -3.82. The number of pyridine rings is 1. The van der Waals surface area contributed by atoms with Crippen LogP contribution in [-0.2, 0) is 24.3 Å². The maximum atomic E-state index is 12.3. The molecule has 0 spiro atoms. The van der Waals surface area contributed by atoms with Crippen molar-refractivity contribution in [3.8, 4) is 6.07 Å². The van der Waals surface area contributed by atoms with E-state index in [0.29, 0.717) is 47.2 Å². The normalized spacial score (nSPS) is 13.3. The Labute approximate surface area is 183 Å². The van der Waals surface area contributed by atoms with Gasteiger partial charge in [-0.25, -0.2) is 9.83 Å². The maximum absolute atomic E-state index is 12.3. The van der Waals surface area contributed by atoms with Crippen LogP contribution in [-0.4, -0.2) is 21.1 Å². The molecule has 0 aliphatic carbocycles. The van der Waals surface area contributed by atoms with E-state index in [1.807, 2.05) is 42.2 Å². The first-order valence-electron chi connectivity index (χ1n) is 9.68. The third-order valence-corrected chi connectivity index (χ3v) is 6.46. The van der Waals surface area contributed by atoms with E-state index in [4.69, 9.17) is 17.3 Å². The average Bonchev–Trinajstić information content (AvgIpc) is 3.39. The number of H-pyrrole nitrogens is 1. The van der Waals surface area contributed by atoms with E-state index >= 15 is 0 Å². The van der Waals surface area contributed by atoms with Crippen LogP contribution >= 0.6 is 11.8 Å². The van der Waals surface area contributed by atoms with Gasteiger partial charge in [0.05, 0.1) is 30.6 Å². The summed E-state index contributed by atoms with van der Waals surface area (Å²) in [5.41, 5.74) is 9.80. The SMILES string of the molecule is [C-]#[N+]c1c(N2Cc3cn[nH]c3C2)nc(SC(C(N)=O)c2ccccc2)c(C#N)c1CC. The van der Waals surface area contributed by atoms with Crippen molar-refractivity contribution in [1.29, 1.82) is 5.26 Å². The Kier molecular flexibility index (Phi) is 5.61. The molecule has 1 unspecified atom stereocenters. The lowest BCUT2D eigenvalue weighted by atomic mass is 10.1. The van der Waals surface area contributed by atoms with Crippen molar-refractivity contribution >= 4 is 29.2 Å². The molecule has 3 N–H and O–H groups in total. The molecule has 0 bridgehead atoms. The number of aromatic nitrogens is 3. The van der Waals surface area contributed by atoms with E-state index < -0.39 is 11.2 Å². The lowest BCUT2D eigenvalue weighted by Gasteiger charge is -2.23. The van der Waals surface area contributed by atoms with Gasteiger partial charge in [-0.05, 0) is 17.5 Å². The highest BCUT2D eigenvalue weighted by Crippen LogP contribution is 2.43. The van der Waals surface area contributed by atoms with Gasteiger partial charge in [-0.1, -0.05) is 49.0 Å². The van der Waals surface area contributed by atoms with Gasteiger partial charge in [0, 0.05) is 12.1 Å². The molecule has 0 radical (unpaired) electrons. The van der Waals surface area contributed by atoms with Crippen molar-refractivity contribution in [3.05, 3.63) is 75.9 Å². The first-order chi connectivity index (χ1) is 15.1. The molecule has 3 aromatic rings. The molecule has 9 heteroatoms. The Morgan fingerprint density at radius 2 is 2.19 bits per heavy atom. The van der Waals surface area contributed by atoms with Gasteiger partial charge >= 0.3 is 0 Å². The highest BCUT2D eigenvalue weighted by Gasteiger charge is 2.30. The van der Waals surface area contributed by atoms with Crippen molar-refractivity contribution < 1.29 is 4.79 Å². The number of aromatic amines is 1. The molecule has 1 aromatic carbocycles. The van der Waals surface area contributed by atoms with E-state index in [2.05, 4.69) is 21.1 Å². The van der Waals surface area contributed by atoms with Crippen LogP contribution in [0.3, 0.4) is 0 Å². The molecule has 1 amide bonds. The van der Waals surface area contributed by atoms with E-state index in [-0.39, 0.29) is 0 Å². The molecule has 1 atom stereocenters. The molecule has 2 aromatic heterocycles. The summed E-state index contributed by atoms with van der Waals surface area (Å²) in [5, 5.41) is 16.6. The molecule has 1 aliphatic heterocycles. The van der Waals surface area contributed by atoms with Crippen molar-refractivity contribution in [3.63, 3.8) is 0 Å². The number of anilines is 1. The summed E-state index contributed by atoms with van der Waals surface area (Å²) >= 11 is 1.15. The number of amides is 1. The maximum Gasteiger partial charge on any atom is 0.235 e. The number of nitrogens with zero attached hydrogens (tertiary/aromatic N) is 5. The van der Waals surface area contributed by atoms with Crippen LogP contribution in [0.5, 0.6) is 0 Å². The predicted octanol–water partition coefficient (Wildman–Crippen LogP) is 3.63. The number of primary amides is 1. The number of fused-ring (bicyclic) bond motifs is 1. The monoisotopic (exact) mass is 429 g/mol. The zero-order valence-corrected chi connectivity index (χ0v) is 17.6. The number of hydrogen-bond donors (Lipinski definition) is 2. The zero-order valence-electron chi connectivity index (χ0n) is 16.8. The second kappa shape index (κ2) is 8.50. The molecule has 0 fully saturated rings. The Balaban J connectivity index is 1.82. The summed E-state index contributed by atoms with van der Waals surface area (Å²) in [6.07, 6.45) is 2.27. The average molecular weight is 430 g/mol. The molecule has 1 aliphatic rings. The number of nitrogens with two attached hydrogens (primary N) is 1. The summed E-state index contributed by atoms with van der Waals surface area (Å²) in [6.45, 7) is 10.8. The van der Waals surface area contributed by atoms with Crippen molar-refractivity contribution in [2.75, 3.05) is 4.90 Å². The number of thioether (sulfide) groups is 1. The van der Waals surface area contributed by atoms with Crippen LogP contribution in [0.2, 0.25) is 0 Å². The zero-order chi connectivity index (χ0) is 22.0. The Bertz CT molecular complexity index is 1200. The van der Waals surface area contributed by atoms with Gasteiger partial charge in [0.25, 0.3) is 0 Å². The van der Waals surface area contributed by atoms with E-state index in [9.17, 15) is 10.1 Å². The summed E-state index contributed by atoms with van der Waals surface area (Å²) in [7, 11) is 0. The van der Waals surface area contributed by atoms with Gasteiger partial charge in [-0.15, -0.1) is 0 Å². The number of benzene rings is 1.